The second kappa shape index (κ2) is 4.97. The van der Waals surface area contributed by atoms with Crippen molar-refractivity contribution in [3.05, 3.63) is 22.4 Å². The van der Waals surface area contributed by atoms with Crippen molar-refractivity contribution in [2.45, 2.75) is 19.5 Å². The van der Waals surface area contributed by atoms with E-state index in [4.69, 9.17) is 11.5 Å². The number of hydrogen-bond donors (Lipinski definition) is 2. The van der Waals surface area contributed by atoms with Crippen LogP contribution in [0, 0.1) is 0 Å². The molecule has 0 saturated heterocycles. The Morgan fingerprint density at radius 1 is 1.71 bits per heavy atom. The molecule has 1 rings (SSSR count). The standard InChI is InChI=1S/C9H15N3OS/c1-7(10)5-12(9(11)13)6-8-3-2-4-14-8/h2-4,7H,5-6,10H2,1H3,(H2,11,13). The molecule has 4 N–H and O–H groups in total. The van der Waals surface area contributed by atoms with E-state index in [0.29, 0.717) is 13.1 Å². The summed E-state index contributed by atoms with van der Waals surface area (Å²) in [6, 6.07) is 3.45. The van der Waals surface area contributed by atoms with Crippen LogP contribution in [0.15, 0.2) is 17.5 Å². The van der Waals surface area contributed by atoms with E-state index in [1.165, 1.54) is 0 Å². The second-order valence-corrected chi connectivity index (χ2v) is 4.31. The van der Waals surface area contributed by atoms with Gasteiger partial charge in [-0.25, -0.2) is 4.79 Å². The number of hydrogen-bond acceptors (Lipinski definition) is 3. The lowest BCUT2D eigenvalue weighted by Gasteiger charge is -2.21. The van der Waals surface area contributed by atoms with Gasteiger partial charge in [-0.2, -0.15) is 0 Å². The molecule has 1 aromatic rings. The molecular weight excluding hydrogens is 198 g/mol. The first kappa shape index (κ1) is 11.0. The lowest BCUT2D eigenvalue weighted by molar-refractivity contribution is 0.202. The number of amides is 2. The molecule has 4 nitrogen and oxygen atoms in total. The van der Waals surface area contributed by atoms with Gasteiger partial charge in [0, 0.05) is 17.5 Å². The van der Waals surface area contributed by atoms with Crippen molar-refractivity contribution in [3.8, 4) is 0 Å². The van der Waals surface area contributed by atoms with Gasteiger partial charge in [-0.15, -0.1) is 11.3 Å². The summed E-state index contributed by atoms with van der Waals surface area (Å²) in [7, 11) is 0. The number of urea groups is 1. The van der Waals surface area contributed by atoms with Crippen molar-refractivity contribution >= 4 is 17.4 Å². The summed E-state index contributed by atoms with van der Waals surface area (Å²) in [5, 5.41) is 1.97. The molecule has 1 unspecified atom stereocenters. The first-order valence-electron chi connectivity index (χ1n) is 4.42. The summed E-state index contributed by atoms with van der Waals surface area (Å²) in [6.45, 7) is 2.89. The molecular formula is C9H15N3OS. The molecule has 5 heteroatoms. The first-order chi connectivity index (χ1) is 6.59. The molecule has 14 heavy (non-hydrogen) atoms. The lowest BCUT2D eigenvalue weighted by atomic mass is 10.3. The average Bonchev–Trinajstić information content (AvgIpc) is 2.54. The molecule has 0 aromatic carbocycles. The van der Waals surface area contributed by atoms with Crippen molar-refractivity contribution in [1.29, 1.82) is 0 Å². The van der Waals surface area contributed by atoms with Gasteiger partial charge in [0.05, 0.1) is 6.54 Å². The van der Waals surface area contributed by atoms with Gasteiger partial charge >= 0.3 is 6.03 Å². The van der Waals surface area contributed by atoms with Gasteiger partial charge in [0.25, 0.3) is 0 Å². The van der Waals surface area contributed by atoms with Crippen molar-refractivity contribution in [3.63, 3.8) is 0 Å². The highest BCUT2D eigenvalue weighted by molar-refractivity contribution is 7.09. The Kier molecular flexibility index (Phi) is 3.91. The summed E-state index contributed by atoms with van der Waals surface area (Å²) < 4.78 is 0. The fourth-order valence-electron chi connectivity index (χ4n) is 1.17. The van der Waals surface area contributed by atoms with Crippen LogP contribution in [0.1, 0.15) is 11.8 Å². The fraction of sp³-hybridized carbons (Fsp3) is 0.444. The first-order valence-corrected chi connectivity index (χ1v) is 5.30. The number of nitrogens with two attached hydrogens (primary N) is 2. The second-order valence-electron chi connectivity index (χ2n) is 3.28. The molecule has 0 aliphatic rings. The molecule has 0 spiro atoms. The molecule has 0 aliphatic carbocycles. The van der Waals surface area contributed by atoms with Crippen LogP contribution in [0.4, 0.5) is 4.79 Å². The maximum absolute atomic E-state index is 11.1. The predicted octanol–water partition coefficient (Wildman–Crippen LogP) is 0.976. The Morgan fingerprint density at radius 3 is 2.86 bits per heavy atom. The Bertz CT molecular complexity index is 284. The summed E-state index contributed by atoms with van der Waals surface area (Å²) in [5.74, 6) is 0. The molecule has 0 fully saturated rings. The van der Waals surface area contributed by atoms with Gasteiger partial charge < -0.3 is 16.4 Å². The van der Waals surface area contributed by atoms with E-state index in [1.807, 2.05) is 24.4 Å². The largest absolute Gasteiger partial charge is 0.351 e. The summed E-state index contributed by atoms with van der Waals surface area (Å²) >= 11 is 1.61. The zero-order chi connectivity index (χ0) is 10.6. The minimum Gasteiger partial charge on any atom is -0.351 e. The van der Waals surface area contributed by atoms with E-state index in [1.54, 1.807) is 16.2 Å². The Morgan fingerprint density at radius 2 is 2.43 bits per heavy atom. The SMILES string of the molecule is CC(N)CN(Cc1cccs1)C(N)=O. The Hall–Kier alpha value is -1.07. The van der Waals surface area contributed by atoms with Crippen molar-refractivity contribution < 1.29 is 4.79 Å². The maximum atomic E-state index is 11.1. The van der Waals surface area contributed by atoms with Crippen LogP contribution in [0.2, 0.25) is 0 Å². The van der Waals surface area contributed by atoms with Gasteiger partial charge in [0.1, 0.15) is 0 Å². The Labute approximate surface area is 87.5 Å². The molecule has 1 aromatic heterocycles. The monoisotopic (exact) mass is 213 g/mol. The molecule has 1 heterocycles. The zero-order valence-corrected chi connectivity index (χ0v) is 8.96. The number of carbonyl (C=O) groups excluding carboxylic acids is 1. The van der Waals surface area contributed by atoms with Crippen LogP contribution in [-0.2, 0) is 6.54 Å². The third kappa shape index (κ3) is 3.35. The van der Waals surface area contributed by atoms with Crippen LogP contribution in [0.25, 0.3) is 0 Å². The molecule has 1 atom stereocenters. The van der Waals surface area contributed by atoms with E-state index in [9.17, 15) is 4.79 Å². The van der Waals surface area contributed by atoms with E-state index in [-0.39, 0.29) is 6.04 Å². The van der Waals surface area contributed by atoms with Crippen LogP contribution in [-0.4, -0.2) is 23.5 Å². The van der Waals surface area contributed by atoms with Crippen LogP contribution in [0.3, 0.4) is 0 Å². The fourth-order valence-corrected chi connectivity index (χ4v) is 1.89. The number of nitrogens with zero attached hydrogens (tertiary/aromatic N) is 1. The number of rotatable bonds is 4. The Balaban J connectivity index is 2.56. The van der Waals surface area contributed by atoms with Gasteiger partial charge in [0.2, 0.25) is 0 Å². The average molecular weight is 213 g/mol. The van der Waals surface area contributed by atoms with Crippen molar-refractivity contribution in [2.24, 2.45) is 11.5 Å². The summed E-state index contributed by atoms with van der Waals surface area (Å²) in [5.41, 5.74) is 10.9. The van der Waals surface area contributed by atoms with Crippen LogP contribution in [0.5, 0.6) is 0 Å². The molecule has 0 saturated carbocycles. The normalized spacial score (nSPS) is 12.4. The topological polar surface area (TPSA) is 72.3 Å². The van der Waals surface area contributed by atoms with Gasteiger partial charge in [-0.05, 0) is 18.4 Å². The minimum absolute atomic E-state index is 0.0533. The molecule has 78 valence electrons. The van der Waals surface area contributed by atoms with Crippen LogP contribution >= 0.6 is 11.3 Å². The highest BCUT2D eigenvalue weighted by Crippen LogP contribution is 2.11. The minimum atomic E-state index is -0.421. The predicted molar refractivity (Wildman–Crippen MR) is 58.0 cm³/mol. The molecule has 2 amide bonds. The van der Waals surface area contributed by atoms with Crippen molar-refractivity contribution in [1.82, 2.24) is 4.90 Å². The number of carbonyl (C=O) groups is 1. The third-order valence-corrected chi connectivity index (χ3v) is 2.61. The summed E-state index contributed by atoms with van der Waals surface area (Å²) in [4.78, 5) is 13.7. The van der Waals surface area contributed by atoms with Crippen molar-refractivity contribution in [2.75, 3.05) is 6.54 Å². The van der Waals surface area contributed by atoms with Gasteiger partial charge in [-0.3, -0.25) is 0 Å². The van der Waals surface area contributed by atoms with E-state index in [0.717, 1.165) is 4.88 Å². The third-order valence-electron chi connectivity index (χ3n) is 1.75. The highest BCUT2D eigenvalue weighted by Gasteiger charge is 2.12. The van der Waals surface area contributed by atoms with Gasteiger partial charge in [-0.1, -0.05) is 6.07 Å². The van der Waals surface area contributed by atoms with E-state index >= 15 is 0 Å². The van der Waals surface area contributed by atoms with Crippen LogP contribution < -0.4 is 11.5 Å². The summed E-state index contributed by atoms with van der Waals surface area (Å²) in [6.07, 6.45) is 0. The molecule has 0 aliphatic heterocycles. The van der Waals surface area contributed by atoms with E-state index in [2.05, 4.69) is 0 Å². The van der Waals surface area contributed by atoms with E-state index < -0.39 is 6.03 Å². The maximum Gasteiger partial charge on any atom is 0.315 e. The molecule has 0 bridgehead atoms. The quantitative estimate of drug-likeness (QED) is 0.782. The zero-order valence-electron chi connectivity index (χ0n) is 8.14. The highest BCUT2D eigenvalue weighted by atomic mass is 32.1. The smallest absolute Gasteiger partial charge is 0.315 e. The number of primary amides is 1. The lowest BCUT2D eigenvalue weighted by Crippen LogP contribution is -2.42. The number of thiophene rings is 1. The van der Waals surface area contributed by atoms with Gasteiger partial charge in [0.15, 0.2) is 0 Å². The molecule has 0 radical (unpaired) electrons.